The molecule has 0 nitrogen and oxygen atoms in total. The Kier molecular flexibility index (Phi) is 0.895. The predicted octanol–water partition coefficient (Wildman–Crippen LogP) is 3.04. The summed E-state index contributed by atoms with van der Waals surface area (Å²) in [6, 6.07) is 0. The van der Waals surface area contributed by atoms with Crippen molar-refractivity contribution in [2.45, 2.75) is 26.2 Å². The first-order chi connectivity index (χ1) is 7.36. The van der Waals surface area contributed by atoms with Gasteiger partial charge in [0.2, 0.25) is 0 Å². The molecule has 0 bridgehead atoms. The van der Waals surface area contributed by atoms with Crippen molar-refractivity contribution in [1.82, 2.24) is 0 Å². The van der Waals surface area contributed by atoms with E-state index in [2.05, 4.69) is 6.92 Å². The standard InChI is InChI=1S/C15H20/c1-5-7-4-9(7)13-11(5)14-10-3-6-2-8(6)12(10)15(13)14/h5-15H,2-4H2,1H3. The van der Waals surface area contributed by atoms with Gasteiger partial charge in [-0.3, -0.25) is 0 Å². The number of hydrogen-bond donors (Lipinski definition) is 0. The molecule has 6 rings (SSSR count). The van der Waals surface area contributed by atoms with Crippen LogP contribution in [0.5, 0.6) is 0 Å². The van der Waals surface area contributed by atoms with E-state index in [4.69, 9.17) is 0 Å². The molecule has 0 aromatic rings. The lowest BCUT2D eigenvalue weighted by molar-refractivity contribution is -0.209. The lowest BCUT2D eigenvalue weighted by Crippen LogP contribution is -2.64. The largest absolute Gasteiger partial charge is 0.0619 e. The van der Waals surface area contributed by atoms with Gasteiger partial charge < -0.3 is 0 Å². The van der Waals surface area contributed by atoms with Crippen molar-refractivity contribution in [2.75, 3.05) is 0 Å². The summed E-state index contributed by atoms with van der Waals surface area (Å²) in [6.07, 6.45) is 4.95. The summed E-state index contributed by atoms with van der Waals surface area (Å²) in [7, 11) is 0. The zero-order chi connectivity index (χ0) is 9.47. The van der Waals surface area contributed by atoms with Gasteiger partial charge in [0.25, 0.3) is 0 Å². The van der Waals surface area contributed by atoms with Gasteiger partial charge >= 0.3 is 0 Å². The highest BCUT2D eigenvalue weighted by Gasteiger charge is 2.79. The van der Waals surface area contributed by atoms with Gasteiger partial charge in [-0.15, -0.1) is 0 Å². The highest BCUT2D eigenvalue weighted by atomic mass is 14.8. The molecule has 80 valence electrons. The van der Waals surface area contributed by atoms with Crippen molar-refractivity contribution in [2.24, 2.45) is 65.1 Å². The van der Waals surface area contributed by atoms with E-state index in [-0.39, 0.29) is 0 Å². The topological polar surface area (TPSA) is 0 Å². The van der Waals surface area contributed by atoms with Gasteiger partial charge in [-0.25, -0.2) is 0 Å². The highest BCUT2D eigenvalue weighted by molar-refractivity contribution is 5.27. The van der Waals surface area contributed by atoms with Crippen LogP contribution >= 0.6 is 0 Å². The van der Waals surface area contributed by atoms with Crippen molar-refractivity contribution in [3.63, 3.8) is 0 Å². The van der Waals surface area contributed by atoms with E-state index in [1.807, 2.05) is 0 Å². The van der Waals surface area contributed by atoms with Crippen molar-refractivity contribution >= 4 is 0 Å². The van der Waals surface area contributed by atoms with Crippen LogP contribution in [0.25, 0.3) is 0 Å². The summed E-state index contributed by atoms with van der Waals surface area (Å²) in [5, 5.41) is 0. The molecule has 11 atom stereocenters. The van der Waals surface area contributed by atoms with Crippen LogP contribution in [0.1, 0.15) is 26.2 Å². The summed E-state index contributed by atoms with van der Waals surface area (Å²) in [6.45, 7) is 2.59. The van der Waals surface area contributed by atoms with Gasteiger partial charge in [0.1, 0.15) is 0 Å². The van der Waals surface area contributed by atoms with Crippen molar-refractivity contribution in [3.05, 3.63) is 0 Å². The van der Waals surface area contributed by atoms with Crippen molar-refractivity contribution in [1.29, 1.82) is 0 Å². The summed E-state index contributed by atoms with van der Waals surface area (Å²) in [5.74, 6) is 13.6. The lowest BCUT2D eigenvalue weighted by Gasteiger charge is -2.68. The molecule has 0 spiro atoms. The molecule has 0 aromatic carbocycles. The highest BCUT2D eigenvalue weighted by Crippen LogP contribution is 2.84. The fraction of sp³-hybridized carbons (Fsp3) is 1.00. The Balaban J connectivity index is 1.42. The first-order valence-corrected chi connectivity index (χ1v) is 7.36. The summed E-state index contributed by atoms with van der Waals surface area (Å²) >= 11 is 0. The van der Waals surface area contributed by atoms with E-state index in [9.17, 15) is 0 Å². The van der Waals surface area contributed by atoms with Gasteiger partial charge in [0.05, 0.1) is 0 Å². The molecule has 0 aromatic heterocycles. The average molecular weight is 200 g/mol. The summed E-state index contributed by atoms with van der Waals surface area (Å²) in [5.41, 5.74) is 0. The molecule has 0 heterocycles. The minimum absolute atomic E-state index is 1.14. The maximum atomic E-state index is 2.59. The summed E-state index contributed by atoms with van der Waals surface area (Å²) < 4.78 is 0. The maximum Gasteiger partial charge on any atom is -0.0312 e. The van der Waals surface area contributed by atoms with E-state index in [0.717, 1.165) is 5.92 Å². The second kappa shape index (κ2) is 1.83. The van der Waals surface area contributed by atoms with Gasteiger partial charge in [0, 0.05) is 0 Å². The third kappa shape index (κ3) is 0.560. The first kappa shape index (κ1) is 7.35. The Bertz CT molecular complexity index is 372. The molecule has 6 aliphatic carbocycles. The average Bonchev–Trinajstić information content (AvgIpc) is 3.03. The molecule has 6 fully saturated rings. The number of fused-ring (bicyclic) bond motifs is 11. The zero-order valence-electron chi connectivity index (χ0n) is 9.47. The van der Waals surface area contributed by atoms with E-state index >= 15 is 0 Å². The second-order valence-corrected chi connectivity index (χ2v) is 7.87. The van der Waals surface area contributed by atoms with Crippen LogP contribution in [-0.4, -0.2) is 0 Å². The number of rotatable bonds is 0. The van der Waals surface area contributed by atoms with Crippen LogP contribution in [0, 0.1) is 65.1 Å². The van der Waals surface area contributed by atoms with Gasteiger partial charge in [-0.05, 0) is 84.4 Å². The molecule has 0 N–H and O–H groups in total. The van der Waals surface area contributed by atoms with E-state index in [1.54, 1.807) is 19.3 Å². The Hall–Kier alpha value is 0. The molecule has 6 saturated carbocycles. The maximum absolute atomic E-state index is 2.59. The van der Waals surface area contributed by atoms with Gasteiger partial charge in [-0.2, -0.15) is 0 Å². The fourth-order valence-corrected chi connectivity index (χ4v) is 7.48. The van der Waals surface area contributed by atoms with Crippen LogP contribution < -0.4 is 0 Å². The van der Waals surface area contributed by atoms with Gasteiger partial charge in [0.15, 0.2) is 0 Å². The molecule has 0 radical (unpaired) electrons. The minimum Gasteiger partial charge on any atom is -0.0619 e. The van der Waals surface area contributed by atoms with Crippen molar-refractivity contribution < 1.29 is 0 Å². The number of hydrogen-bond acceptors (Lipinski definition) is 0. The predicted molar refractivity (Wildman–Crippen MR) is 57.9 cm³/mol. The SMILES string of the molecule is CC1C2CC2C2C1C1C3CC4CC4C3C21. The first-order valence-electron chi connectivity index (χ1n) is 7.36. The van der Waals surface area contributed by atoms with Crippen LogP contribution in [0.2, 0.25) is 0 Å². The molecule has 6 aliphatic rings. The third-order valence-electron chi connectivity index (χ3n) is 7.93. The quantitative estimate of drug-likeness (QED) is 0.564. The Morgan fingerprint density at radius 2 is 1.40 bits per heavy atom. The molecular weight excluding hydrogens is 180 g/mol. The molecule has 0 saturated heterocycles. The molecular formula is C15H20. The lowest BCUT2D eigenvalue weighted by atomic mass is 9.37. The Labute approximate surface area is 91.8 Å². The van der Waals surface area contributed by atoms with E-state index in [1.165, 1.54) is 59.2 Å². The fourth-order valence-electron chi connectivity index (χ4n) is 7.48. The normalized spacial score (nSPS) is 84.2. The molecule has 0 aliphatic heterocycles. The van der Waals surface area contributed by atoms with Crippen LogP contribution in [0.4, 0.5) is 0 Å². The molecule has 11 unspecified atom stereocenters. The monoisotopic (exact) mass is 200 g/mol. The van der Waals surface area contributed by atoms with Crippen LogP contribution in [0.3, 0.4) is 0 Å². The third-order valence-corrected chi connectivity index (χ3v) is 7.93. The molecule has 15 heavy (non-hydrogen) atoms. The minimum atomic E-state index is 1.14. The molecule has 0 amide bonds. The van der Waals surface area contributed by atoms with Crippen LogP contribution in [0.15, 0.2) is 0 Å². The Morgan fingerprint density at radius 3 is 2.33 bits per heavy atom. The smallest absolute Gasteiger partial charge is 0.0312 e. The van der Waals surface area contributed by atoms with Crippen molar-refractivity contribution in [3.8, 4) is 0 Å². The van der Waals surface area contributed by atoms with E-state index < -0.39 is 0 Å². The van der Waals surface area contributed by atoms with Crippen LogP contribution in [-0.2, 0) is 0 Å². The van der Waals surface area contributed by atoms with E-state index in [0.29, 0.717) is 0 Å². The second-order valence-electron chi connectivity index (χ2n) is 7.87. The Morgan fingerprint density at radius 1 is 0.600 bits per heavy atom. The molecule has 0 heteroatoms. The van der Waals surface area contributed by atoms with Gasteiger partial charge in [-0.1, -0.05) is 6.92 Å². The zero-order valence-corrected chi connectivity index (χ0v) is 9.47. The summed E-state index contributed by atoms with van der Waals surface area (Å²) in [4.78, 5) is 0.